The molecule has 0 heterocycles. The lowest BCUT2D eigenvalue weighted by Gasteiger charge is -2.16. The zero-order valence-corrected chi connectivity index (χ0v) is 7.78. The average Bonchev–Trinajstić information content (AvgIpc) is 2.03. The molecule has 74 valence electrons. The Morgan fingerprint density at radius 1 is 1.77 bits per heavy atom. The standard InChI is InChI=1S/C6H9O6P/c1-4(2)5(8)12-6(9,3-7)13(10)11/h7,9H,1,3H2,2H3. The molecule has 2 N–H and O–H groups in total. The molecule has 0 saturated carbocycles. The lowest BCUT2D eigenvalue weighted by molar-refractivity contribution is -0.227. The predicted octanol–water partition coefficient (Wildman–Crippen LogP) is -1.15. The topological polar surface area (TPSA) is 107 Å². The Labute approximate surface area is 75.3 Å². The van der Waals surface area contributed by atoms with Crippen LogP contribution in [-0.2, 0) is 14.1 Å². The smallest absolute Gasteiger partial charge is 0.435 e. The van der Waals surface area contributed by atoms with Gasteiger partial charge in [0.25, 0.3) is 0 Å². The number of ether oxygens (including phenoxy) is 1. The summed E-state index contributed by atoms with van der Waals surface area (Å²) in [7, 11) is -3.48. The van der Waals surface area contributed by atoms with Crippen molar-refractivity contribution in [2.24, 2.45) is 0 Å². The van der Waals surface area contributed by atoms with E-state index in [0.717, 1.165) is 0 Å². The Morgan fingerprint density at radius 3 is 2.46 bits per heavy atom. The van der Waals surface area contributed by atoms with Crippen molar-refractivity contribution in [3.8, 4) is 0 Å². The van der Waals surface area contributed by atoms with Gasteiger partial charge in [0.05, 0.1) is 0 Å². The number of hydrogen-bond acceptors (Lipinski definition) is 6. The van der Waals surface area contributed by atoms with Crippen LogP contribution >= 0.6 is 8.03 Å². The Morgan fingerprint density at radius 2 is 2.23 bits per heavy atom. The second-order valence-electron chi connectivity index (χ2n) is 2.33. The van der Waals surface area contributed by atoms with Crippen molar-refractivity contribution in [3.05, 3.63) is 12.2 Å². The normalized spacial score (nSPS) is 15.8. The van der Waals surface area contributed by atoms with Crippen LogP contribution in [0.3, 0.4) is 0 Å². The number of rotatable bonds is 4. The number of esters is 1. The minimum absolute atomic E-state index is 0.0799. The fourth-order valence-corrected chi connectivity index (χ4v) is 0.636. The number of carbonyl (C=O) groups is 1. The molecule has 0 aromatic carbocycles. The highest BCUT2D eigenvalue weighted by atomic mass is 31.1. The monoisotopic (exact) mass is 208 g/mol. The highest BCUT2D eigenvalue weighted by Gasteiger charge is 2.45. The summed E-state index contributed by atoms with van der Waals surface area (Å²) in [5.41, 5.74) is -2.94. The van der Waals surface area contributed by atoms with Crippen molar-refractivity contribution in [3.63, 3.8) is 0 Å². The molecule has 0 saturated heterocycles. The first-order chi connectivity index (χ1) is 5.83. The summed E-state index contributed by atoms with van der Waals surface area (Å²) in [6, 6.07) is 0. The maximum atomic E-state index is 10.8. The summed E-state index contributed by atoms with van der Waals surface area (Å²) in [6.07, 6.45) is 0. The van der Waals surface area contributed by atoms with Crippen LogP contribution in [0.1, 0.15) is 6.92 Å². The van der Waals surface area contributed by atoms with Gasteiger partial charge in [-0.1, -0.05) is 11.1 Å². The molecule has 0 spiro atoms. The van der Waals surface area contributed by atoms with Gasteiger partial charge in [0.15, 0.2) is 6.61 Å². The number of aliphatic hydroxyl groups is 2. The second-order valence-corrected chi connectivity index (χ2v) is 3.54. The third kappa shape index (κ3) is 3.20. The van der Waals surface area contributed by atoms with E-state index in [2.05, 4.69) is 11.3 Å². The molecule has 0 fully saturated rings. The Bertz CT molecular complexity index is 250. The molecule has 2 unspecified atom stereocenters. The zero-order chi connectivity index (χ0) is 10.6. The average molecular weight is 208 g/mol. The molecule has 0 aromatic rings. The van der Waals surface area contributed by atoms with Crippen molar-refractivity contribution < 1.29 is 29.2 Å². The van der Waals surface area contributed by atoms with Gasteiger partial charge in [-0.25, -0.2) is 4.79 Å². The van der Waals surface area contributed by atoms with Crippen molar-refractivity contribution in [2.45, 2.75) is 12.5 Å². The molecule has 0 radical (unpaired) electrons. The fourth-order valence-electron chi connectivity index (χ4n) is 0.363. The maximum Gasteiger partial charge on any atom is 0.435 e. The minimum atomic E-state index is -3.48. The van der Waals surface area contributed by atoms with Crippen molar-refractivity contribution in [2.75, 3.05) is 6.61 Å². The predicted molar refractivity (Wildman–Crippen MR) is 40.5 cm³/mol. The van der Waals surface area contributed by atoms with E-state index in [9.17, 15) is 14.3 Å². The third-order valence-corrected chi connectivity index (χ3v) is 1.90. The van der Waals surface area contributed by atoms with Gasteiger partial charge in [-0.05, 0) is 6.92 Å². The quantitative estimate of drug-likeness (QED) is 0.261. The molecule has 0 aromatic heterocycles. The molecule has 0 aliphatic rings. The van der Waals surface area contributed by atoms with Gasteiger partial charge in [-0.2, -0.15) is 0 Å². The van der Waals surface area contributed by atoms with Crippen LogP contribution < -0.4 is 4.89 Å². The van der Waals surface area contributed by atoms with E-state index >= 15 is 0 Å². The molecule has 2 atom stereocenters. The van der Waals surface area contributed by atoms with E-state index in [4.69, 9.17) is 10.2 Å². The van der Waals surface area contributed by atoms with Gasteiger partial charge in [0.2, 0.25) is 0 Å². The van der Waals surface area contributed by atoms with Gasteiger partial charge < -0.3 is 19.8 Å². The van der Waals surface area contributed by atoms with Gasteiger partial charge in [0.1, 0.15) is 0 Å². The summed E-state index contributed by atoms with van der Waals surface area (Å²) >= 11 is 0. The number of carbonyl (C=O) groups excluding carboxylic acids is 1. The number of hydrogen-bond donors (Lipinski definition) is 2. The van der Waals surface area contributed by atoms with Crippen LogP contribution in [0.4, 0.5) is 0 Å². The fraction of sp³-hybridized carbons (Fsp3) is 0.500. The molecule has 0 aliphatic carbocycles. The second kappa shape index (κ2) is 4.43. The van der Waals surface area contributed by atoms with Crippen LogP contribution in [0.15, 0.2) is 12.2 Å². The van der Waals surface area contributed by atoms with Crippen LogP contribution in [0.5, 0.6) is 0 Å². The molecule has 0 aliphatic heterocycles. The molecule has 7 heteroatoms. The molecule has 6 nitrogen and oxygen atoms in total. The van der Waals surface area contributed by atoms with Crippen LogP contribution in [0.2, 0.25) is 0 Å². The van der Waals surface area contributed by atoms with E-state index in [0.29, 0.717) is 0 Å². The zero-order valence-electron chi connectivity index (χ0n) is 6.89. The van der Waals surface area contributed by atoms with Crippen molar-refractivity contribution >= 4 is 14.0 Å². The summed E-state index contributed by atoms with van der Waals surface area (Å²) in [5, 5.41) is 17.4. The van der Waals surface area contributed by atoms with Gasteiger partial charge in [0, 0.05) is 5.57 Å². The Kier molecular flexibility index (Phi) is 4.16. The first kappa shape index (κ1) is 12.2. The Balaban J connectivity index is 4.55. The summed E-state index contributed by atoms with van der Waals surface area (Å²) in [5.74, 6) is -1.09. The molecular weight excluding hydrogens is 199 g/mol. The Hall–Kier alpha value is -0.810. The highest BCUT2D eigenvalue weighted by Crippen LogP contribution is 2.30. The summed E-state index contributed by atoms with van der Waals surface area (Å²) < 4.78 is 14.4. The van der Waals surface area contributed by atoms with Crippen molar-refractivity contribution in [1.29, 1.82) is 0 Å². The van der Waals surface area contributed by atoms with Gasteiger partial charge in [-0.3, -0.25) is 0 Å². The summed E-state index contributed by atoms with van der Waals surface area (Å²) in [4.78, 5) is 21.1. The SMILES string of the molecule is C=C(C)C(=O)OC(O)(CO)[P+](=O)[O-]. The lowest BCUT2D eigenvalue weighted by Crippen LogP contribution is -2.37. The molecule has 0 bridgehead atoms. The largest absolute Gasteiger partial charge is 0.590 e. The van der Waals surface area contributed by atoms with Gasteiger partial charge >= 0.3 is 19.5 Å². The van der Waals surface area contributed by atoms with E-state index < -0.39 is 26.1 Å². The summed E-state index contributed by atoms with van der Waals surface area (Å²) in [6.45, 7) is 3.23. The van der Waals surface area contributed by atoms with Crippen LogP contribution in [-0.4, -0.2) is 28.3 Å². The van der Waals surface area contributed by atoms with Crippen LogP contribution in [0, 0.1) is 0 Å². The number of aliphatic hydroxyl groups excluding tert-OH is 1. The first-order valence-electron chi connectivity index (χ1n) is 3.20. The van der Waals surface area contributed by atoms with E-state index in [1.807, 2.05) is 0 Å². The van der Waals surface area contributed by atoms with Crippen LogP contribution in [0.25, 0.3) is 0 Å². The molecule has 13 heavy (non-hydrogen) atoms. The van der Waals surface area contributed by atoms with E-state index in [1.54, 1.807) is 0 Å². The first-order valence-corrected chi connectivity index (χ1v) is 4.38. The highest BCUT2D eigenvalue weighted by molar-refractivity contribution is 7.38. The van der Waals surface area contributed by atoms with E-state index in [1.165, 1.54) is 6.92 Å². The lowest BCUT2D eigenvalue weighted by atomic mass is 10.4. The molecule has 0 rings (SSSR count). The van der Waals surface area contributed by atoms with Crippen molar-refractivity contribution in [1.82, 2.24) is 0 Å². The molecule has 0 amide bonds. The van der Waals surface area contributed by atoms with E-state index in [-0.39, 0.29) is 5.57 Å². The molecular formula is C6H9O6P. The van der Waals surface area contributed by atoms with Gasteiger partial charge in [-0.15, -0.1) is 0 Å². The minimum Gasteiger partial charge on any atom is -0.590 e. The third-order valence-electron chi connectivity index (χ3n) is 1.10. The maximum absolute atomic E-state index is 10.8.